The number of hydrogen-bond acceptors (Lipinski definition) is 3. The van der Waals surface area contributed by atoms with E-state index in [4.69, 9.17) is 23.2 Å². The number of amides is 2. The Bertz CT molecular complexity index is 1510. The van der Waals surface area contributed by atoms with Crippen LogP contribution in [0.2, 0.25) is 10.0 Å². The second-order valence-corrected chi connectivity index (χ2v) is 11.9. The summed E-state index contributed by atoms with van der Waals surface area (Å²) in [5.41, 5.74) is 4.77. The summed E-state index contributed by atoms with van der Waals surface area (Å²) in [7, 11) is 0. The van der Waals surface area contributed by atoms with Gasteiger partial charge in [-0.05, 0) is 79.3 Å². The Hall–Kier alpha value is -3.64. The van der Waals surface area contributed by atoms with Crippen LogP contribution >= 0.6 is 23.2 Å². The van der Waals surface area contributed by atoms with Gasteiger partial charge in [0, 0.05) is 23.6 Å². The topological polar surface area (TPSA) is 70.2 Å². The van der Waals surface area contributed by atoms with Crippen molar-refractivity contribution in [2.75, 3.05) is 6.54 Å². The molecule has 0 saturated heterocycles. The molecule has 1 aliphatic carbocycles. The van der Waals surface area contributed by atoms with Crippen molar-refractivity contribution in [3.8, 4) is 11.1 Å². The molecule has 3 unspecified atom stereocenters. The molecule has 0 radical (unpaired) electrons. The van der Waals surface area contributed by atoms with Crippen LogP contribution < -0.4 is 16.0 Å². The molecular formula is C35H35Cl2N3O2. The standard InChI is InChI=1S/C35H35Cl2N3O2/c1-35(22-29(35)28-18-19-30(36)31(37)21-28)39-20-8-13-32(34(42)38-23-24-9-4-2-5-10-24)40-33(41)27-16-14-26(15-17-27)25-11-6-3-7-12-25/h2-7,9-12,14-19,21,29,32,39H,8,13,20,22-23H2,1H3,(H,38,42)(H,40,41). The van der Waals surface area contributed by atoms with E-state index in [-0.39, 0.29) is 17.4 Å². The molecule has 1 fully saturated rings. The van der Waals surface area contributed by atoms with Gasteiger partial charge in [0.1, 0.15) is 6.04 Å². The van der Waals surface area contributed by atoms with Crippen LogP contribution in [0, 0.1) is 0 Å². The molecule has 5 nitrogen and oxygen atoms in total. The van der Waals surface area contributed by atoms with E-state index in [1.54, 1.807) is 12.1 Å². The highest BCUT2D eigenvalue weighted by molar-refractivity contribution is 6.42. The van der Waals surface area contributed by atoms with E-state index < -0.39 is 6.04 Å². The summed E-state index contributed by atoms with van der Waals surface area (Å²) in [6.45, 7) is 3.32. The lowest BCUT2D eigenvalue weighted by atomic mass is 10.0. The SMILES string of the molecule is CC1(NCCCC(NC(=O)c2ccc(-c3ccccc3)cc2)C(=O)NCc2ccccc2)CC1c1ccc(Cl)c(Cl)c1. The fourth-order valence-corrected chi connectivity index (χ4v) is 5.63. The Labute approximate surface area is 257 Å². The predicted molar refractivity (Wildman–Crippen MR) is 171 cm³/mol. The van der Waals surface area contributed by atoms with Crippen molar-refractivity contribution < 1.29 is 9.59 Å². The Balaban J connectivity index is 1.19. The molecule has 0 spiro atoms. The third-order valence-electron chi connectivity index (χ3n) is 7.97. The number of rotatable bonds is 12. The van der Waals surface area contributed by atoms with E-state index in [1.165, 1.54) is 5.56 Å². The number of benzene rings is 4. The monoisotopic (exact) mass is 599 g/mol. The number of halogens is 2. The molecule has 0 aromatic heterocycles. The molecule has 42 heavy (non-hydrogen) atoms. The van der Waals surface area contributed by atoms with Crippen LogP contribution in [0.25, 0.3) is 11.1 Å². The Morgan fingerprint density at radius 2 is 1.52 bits per heavy atom. The maximum atomic E-state index is 13.3. The molecule has 0 bridgehead atoms. The Kier molecular flexibility index (Phi) is 9.63. The summed E-state index contributed by atoms with van der Waals surface area (Å²) in [6.07, 6.45) is 2.23. The Morgan fingerprint density at radius 3 is 2.21 bits per heavy atom. The Morgan fingerprint density at radius 1 is 0.857 bits per heavy atom. The van der Waals surface area contributed by atoms with Crippen LogP contribution in [0.15, 0.2) is 103 Å². The molecule has 1 aliphatic rings. The third-order valence-corrected chi connectivity index (χ3v) is 8.71. The van der Waals surface area contributed by atoms with Crippen LogP contribution in [-0.4, -0.2) is 29.9 Å². The molecule has 3 N–H and O–H groups in total. The van der Waals surface area contributed by atoms with Crippen LogP contribution in [-0.2, 0) is 11.3 Å². The van der Waals surface area contributed by atoms with E-state index >= 15 is 0 Å². The molecule has 0 aliphatic heterocycles. The van der Waals surface area contributed by atoms with E-state index in [2.05, 4.69) is 22.9 Å². The number of carbonyl (C=O) groups is 2. The molecule has 2 amide bonds. The number of nitrogens with one attached hydrogen (secondary N) is 3. The lowest BCUT2D eigenvalue weighted by Crippen LogP contribution is -2.47. The predicted octanol–water partition coefficient (Wildman–Crippen LogP) is 7.39. The molecule has 1 saturated carbocycles. The van der Waals surface area contributed by atoms with Gasteiger partial charge in [-0.25, -0.2) is 0 Å². The average Bonchev–Trinajstić information content (AvgIpc) is 3.70. The minimum atomic E-state index is -0.658. The van der Waals surface area contributed by atoms with Gasteiger partial charge in [0.05, 0.1) is 10.0 Å². The lowest BCUT2D eigenvalue weighted by Gasteiger charge is -2.20. The van der Waals surface area contributed by atoms with Gasteiger partial charge in [0.25, 0.3) is 5.91 Å². The van der Waals surface area contributed by atoms with Gasteiger partial charge in [0.15, 0.2) is 0 Å². The summed E-state index contributed by atoms with van der Waals surface area (Å²) < 4.78 is 0. The van der Waals surface area contributed by atoms with Crippen molar-refractivity contribution >= 4 is 35.0 Å². The zero-order valence-corrected chi connectivity index (χ0v) is 25.1. The summed E-state index contributed by atoms with van der Waals surface area (Å²) in [5.74, 6) is -0.105. The van der Waals surface area contributed by atoms with E-state index in [0.29, 0.717) is 34.5 Å². The summed E-state index contributed by atoms with van der Waals surface area (Å²) >= 11 is 12.3. The first-order valence-corrected chi connectivity index (χ1v) is 15.1. The summed E-state index contributed by atoms with van der Waals surface area (Å²) in [4.78, 5) is 26.5. The molecule has 0 heterocycles. The van der Waals surface area contributed by atoms with Crippen molar-refractivity contribution in [1.29, 1.82) is 0 Å². The quantitative estimate of drug-likeness (QED) is 0.149. The van der Waals surface area contributed by atoms with E-state index in [0.717, 1.165) is 36.1 Å². The van der Waals surface area contributed by atoms with Crippen molar-refractivity contribution in [3.63, 3.8) is 0 Å². The van der Waals surface area contributed by atoms with Crippen molar-refractivity contribution in [1.82, 2.24) is 16.0 Å². The molecule has 7 heteroatoms. The fourth-order valence-electron chi connectivity index (χ4n) is 5.32. The zero-order valence-electron chi connectivity index (χ0n) is 23.6. The highest BCUT2D eigenvalue weighted by Crippen LogP contribution is 2.51. The highest BCUT2D eigenvalue weighted by Gasteiger charge is 2.50. The first-order valence-electron chi connectivity index (χ1n) is 14.3. The zero-order chi connectivity index (χ0) is 29.5. The van der Waals surface area contributed by atoms with Gasteiger partial charge in [-0.15, -0.1) is 0 Å². The first kappa shape index (κ1) is 29.8. The molecule has 3 atom stereocenters. The van der Waals surface area contributed by atoms with E-state index in [1.807, 2.05) is 91.0 Å². The molecule has 5 rings (SSSR count). The van der Waals surface area contributed by atoms with Gasteiger partial charge in [0.2, 0.25) is 5.91 Å². The summed E-state index contributed by atoms with van der Waals surface area (Å²) in [6, 6.07) is 32.4. The van der Waals surface area contributed by atoms with Gasteiger partial charge in [-0.1, -0.05) is 102 Å². The van der Waals surface area contributed by atoms with Crippen LogP contribution in [0.4, 0.5) is 0 Å². The molecule has 4 aromatic carbocycles. The molecule has 216 valence electrons. The second kappa shape index (κ2) is 13.6. The minimum Gasteiger partial charge on any atom is -0.350 e. The summed E-state index contributed by atoms with van der Waals surface area (Å²) in [5, 5.41) is 10.8. The normalized spacial score (nSPS) is 18.2. The number of carbonyl (C=O) groups excluding carboxylic acids is 2. The van der Waals surface area contributed by atoms with Gasteiger partial charge in [-0.2, -0.15) is 0 Å². The third kappa shape index (κ3) is 7.60. The van der Waals surface area contributed by atoms with Crippen LogP contribution in [0.3, 0.4) is 0 Å². The smallest absolute Gasteiger partial charge is 0.251 e. The average molecular weight is 601 g/mol. The van der Waals surface area contributed by atoms with Gasteiger partial charge >= 0.3 is 0 Å². The highest BCUT2D eigenvalue weighted by atomic mass is 35.5. The maximum absolute atomic E-state index is 13.3. The lowest BCUT2D eigenvalue weighted by molar-refractivity contribution is -0.123. The fraction of sp³-hybridized carbons (Fsp3) is 0.257. The second-order valence-electron chi connectivity index (χ2n) is 11.1. The molecular weight excluding hydrogens is 565 g/mol. The van der Waals surface area contributed by atoms with E-state index in [9.17, 15) is 9.59 Å². The van der Waals surface area contributed by atoms with Crippen LogP contribution in [0.5, 0.6) is 0 Å². The van der Waals surface area contributed by atoms with Crippen molar-refractivity contribution in [2.24, 2.45) is 0 Å². The van der Waals surface area contributed by atoms with Crippen molar-refractivity contribution in [2.45, 2.75) is 50.2 Å². The van der Waals surface area contributed by atoms with Gasteiger partial charge < -0.3 is 16.0 Å². The number of hydrogen-bond donors (Lipinski definition) is 3. The first-order chi connectivity index (χ1) is 20.3. The van der Waals surface area contributed by atoms with Crippen molar-refractivity contribution in [3.05, 3.63) is 130 Å². The minimum absolute atomic E-state index is 0.0357. The molecule has 4 aromatic rings. The van der Waals surface area contributed by atoms with Gasteiger partial charge in [-0.3, -0.25) is 9.59 Å². The van der Waals surface area contributed by atoms with Crippen LogP contribution in [0.1, 0.15) is 53.6 Å². The largest absolute Gasteiger partial charge is 0.350 e. The maximum Gasteiger partial charge on any atom is 0.251 e.